The molecule has 9 heteroatoms. The molecule has 0 fully saturated rings. The minimum Gasteiger partial charge on any atom is -0.492 e. The molecule has 1 atom stereocenters. The third kappa shape index (κ3) is 3.78. The number of amidine groups is 2. The van der Waals surface area contributed by atoms with Crippen molar-refractivity contribution in [2.45, 2.75) is 19.9 Å². The number of nitrogens with one attached hydrogen (secondary N) is 1. The Morgan fingerprint density at radius 2 is 1.79 bits per heavy atom. The van der Waals surface area contributed by atoms with Crippen LogP contribution >= 0.6 is 0 Å². The van der Waals surface area contributed by atoms with Crippen molar-refractivity contribution in [1.82, 2.24) is 14.8 Å². The Labute approximate surface area is 225 Å². The molecule has 0 bridgehead atoms. The predicted octanol–water partition coefficient (Wildman–Crippen LogP) is 6.36. The summed E-state index contributed by atoms with van der Waals surface area (Å²) in [6.07, 6.45) is 3.45. The number of nitrogens with zero attached hydrogens (tertiary/aromatic N) is 6. The summed E-state index contributed by atoms with van der Waals surface area (Å²) in [7, 11) is 0. The molecule has 2 aliphatic heterocycles. The number of furan rings is 1. The van der Waals surface area contributed by atoms with Crippen LogP contribution in [0, 0.1) is 6.92 Å². The lowest BCUT2D eigenvalue weighted by Crippen LogP contribution is -2.46. The molecule has 5 aromatic rings. The van der Waals surface area contributed by atoms with Gasteiger partial charge in [0, 0.05) is 6.20 Å². The number of fused-ring (bicyclic) bond motifs is 4. The lowest BCUT2D eigenvalue weighted by atomic mass is 9.98. The molecule has 0 saturated heterocycles. The van der Waals surface area contributed by atoms with Crippen LogP contribution in [0.4, 0.5) is 22.9 Å². The van der Waals surface area contributed by atoms with Crippen LogP contribution in [0.15, 0.2) is 106 Å². The highest BCUT2D eigenvalue weighted by Crippen LogP contribution is 2.48. The lowest BCUT2D eigenvalue weighted by Gasteiger charge is -2.39. The van der Waals surface area contributed by atoms with Crippen LogP contribution in [-0.4, -0.2) is 33.0 Å². The van der Waals surface area contributed by atoms with Crippen molar-refractivity contribution in [3.8, 4) is 11.6 Å². The molecule has 192 valence electrons. The molecule has 2 aromatic carbocycles. The summed E-state index contributed by atoms with van der Waals surface area (Å²) in [5, 5.41) is 8.40. The van der Waals surface area contributed by atoms with E-state index in [1.165, 1.54) is 0 Å². The number of ether oxygens (including phenoxy) is 1. The average Bonchev–Trinajstić information content (AvgIpc) is 3.62. The number of hydrogen-bond acceptors (Lipinski definition) is 8. The fraction of sp³-hybridized carbons (Fsp3) is 0.133. The van der Waals surface area contributed by atoms with E-state index < -0.39 is 0 Å². The average molecular weight is 516 g/mol. The zero-order valence-corrected chi connectivity index (χ0v) is 21.4. The van der Waals surface area contributed by atoms with E-state index in [0.717, 1.165) is 39.8 Å². The number of hydrogen-bond donors (Lipinski definition) is 1. The predicted molar refractivity (Wildman–Crippen MR) is 151 cm³/mol. The highest BCUT2D eigenvalue weighted by Gasteiger charge is 2.42. The number of para-hydroxylation sites is 4. The second-order valence-electron chi connectivity index (χ2n) is 9.15. The molecule has 0 amide bonds. The quantitative estimate of drug-likeness (QED) is 0.293. The highest BCUT2D eigenvalue weighted by molar-refractivity contribution is 6.51. The van der Waals surface area contributed by atoms with Gasteiger partial charge in [-0.05, 0) is 62.4 Å². The summed E-state index contributed by atoms with van der Waals surface area (Å²) in [6, 6.07) is 25.2. The van der Waals surface area contributed by atoms with Gasteiger partial charge in [-0.1, -0.05) is 30.3 Å². The molecular formula is C30H25N7O2. The van der Waals surface area contributed by atoms with Gasteiger partial charge in [-0.25, -0.2) is 15.0 Å². The standard InChI is InChI=1S/C30H25N7O2/c1-3-38-23-14-7-5-12-21(23)33-28-30-34-29-26(19(2)35-37(29)25-16-8-9-17-31-25)27(24-15-10-18-39-24)36(30)22-13-6-4-11-20(22)32-28/h4-18,27H,3H2,1-2H3,(H,32,33). The van der Waals surface area contributed by atoms with Gasteiger partial charge in [0.1, 0.15) is 17.6 Å². The summed E-state index contributed by atoms with van der Waals surface area (Å²) in [5.41, 5.74) is 4.34. The van der Waals surface area contributed by atoms with Gasteiger partial charge in [-0.3, -0.25) is 0 Å². The van der Waals surface area contributed by atoms with Gasteiger partial charge in [0.2, 0.25) is 0 Å². The molecule has 0 saturated carbocycles. The van der Waals surface area contributed by atoms with Crippen LogP contribution in [0.5, 0.6) is 5.75 Å². The van der Waals surface area contributed by atoms with Crippen LogP contribution in [0.3, 0.4) is 0 Å². The van der Waals surface area contributed by atoms with E-state index in [9.17, 15) is 0 Å². The van der Waals surface area contributed by atoms with E-state index in [2.05, 4.69) is 21.3 Å². The summed E-state index contributed by atoms with van der Waals surface area (Å²) in [6.45, 7) is 4.51. The molecule has 0 radical (unpaired) electrons. The van der Waals surface area contributed by atoms with Gasteiger partial charge in [-0.2, -0.15) is 9.78 Å². The first-order valence-electron chi connectivity index (χ1n) is 12.8. The number of aromatic nitrogens is 3. The van der Waals surface area contributed by atoms with Crippen molar-refractivity contribution in [3.63, 3.8) is 0 Å². The van der Waals surface area contributed by atoms with Gasteiger partial charge < -0.3 is 19.4 Å². The maximum absolute atomic E-state index is 6.04. The Morgan fingerprint density at radius 3 is 2.62 bits per heavy atom. The number of aliphatic imine (C=N–C) groups is 2. The van der Waals surface area contributed by atoms with Crippen LogP contribution in [-0.2, 0) is 0 Å². The second kappa shape index (κ2) is 9.29. The van der Waals surface area contributed by atoms with Crippen molar-refractivity contribution < 1.29 is 9.15 Å². The normalized spacial score (nSPS) is 15.5. The first-order valence-corrected chi connectivity index (χ1v) is 12.8. The minimum atomic E-state index is -0.324. The molecular weight excluding hydrogens is 490 g/mol. The summed E-state index contributed by atoms with van der Waals surface area (Å²) >= 11 is 0. The molecule has 0 aliphatic carbocycles. The second-order valence-corrected chi connectivity index (χ2v) is 9.15. The largest absolute Gasteiger partial charge is 0.492 e. The molecule has 39 heavy (non-hydrogen) atoms. The monoisotopic (exact) mass is 515 g/mol. The molecule has 0 spiro atoms. The topological polar surface area (TPSA) is 93.1 Å². The Hall–Kier alpha value is -5.18. The number of anilines is 2. The van der Waals surface area contributed by atoms with Crippen molar-refractivity contribution in [3.05, 3.63) is 108 Å². The zero-order valence-electron chi connectivity index (χ0n) is 21.4. The van der Waals surface area contributed by atoms with Crippen LogP contribution < -0.4 is 15.0 Å². The van der Waals surface area contributed by atoms with E-state index in [-0.39, 0.29) is 6.04 Å². The molecule has 1 unspecified atom stereocenters. The van der Waals surface area contributed by atoms with E-state index in [1.54, 1.807) is 17.1 Å². The fourth-order valence-electron chi connectivity index (χ4n) is 5.13. The highest BCUT2D eigenvalue weighted by atomic mass is 16.5. The number of aryl methyl sites for hydroxylation is 1. The SMILES string of the molecule is CCOc1ccccc1NC1=Nc2ccccc2N2C1=Nc1c(c(C)nn1-c1ccccn1)C2c1ccco1. The van der Waals surface area contributed by atoms with Crippen LogP contribution in [0.1, 0.15) is 30.0 Å². The molecule has 3 aromatic heterocycles. The lowest BCUT2D eigenvalue weighted by molar-refractivity contribution is 0.342. The van der Waals surface area contributed by atoms with Crippen molar-refractivity contribution in [1.29, 1.82) is 0 Å². The zero-order chi connectivity index (χ0) is 26.3. The van der Waals surface area contributed by atoms with Crippen LogP contribution in [0.25, 0.3) is 5.82 Å². The third-order valence-electron chi connectivity index (χ3n) is 6.76. The summed E-state index contributed by atoms with van der Waals surface area (Å²) < 4.78 is 13.7. The first kappa shape index (κ1) is 23.0. The van der Waals surface area contributed by atoms with Gasteiger partial charge in [0.15, 0.2) is 23.3 Å². The summed E-state index contributed by atoms with van der Waals surface area (Å²) in [5.74, 6) is 4.12. The maximum Gasteiger partial charge on any atom is 0.179 e. The Balaban J connectivity index is 1.47. The van der Waals surface area contributed by atoms with E-state index in [1.807, 2.05) is 86.6 Å². The van der Waals surface area contributed by atoms with Gasteiger partial charge in [0.05, 0.1) is 41.2 Å². The smallest absolute Gasteiger partial charge is 0.179 e. The number of rotatable bonds is 5. The fourth-order valence-corrected chi connectivity index (χ4v) is 5.13. The van der Waals surface area contributed by atoms with E-state index in [4.69, 9.17) is 24.2 Å². The van der Waals surface area contributed by atoms with Gasteiger partial charge >= 0.3 is 0 Å². The van der Waals surface area contributed by atoms with Crippen molar-refractivity contribution >= 4 is 34.6 Å². The van der Waals surface area contributed by atoms with E-state index in [0.29, 0.717) is 29.9 Å². The van der Waals surface area contributed by atoms with Gasteiger partial charge in [-0.15, -0.1) is 0 Å². The maximum atomic E-state index is 6.04. The Bertz CT molecular complexity index is 1720. The third-order valence-corrected chi connectivity index (χ3v) is 6.76. The van der Waals surface area contributed by atoms with E-state index >= 15 is 0 Å². The van der Waals surface area contributed by atoms with Gasteiger partial charge in [0.25, 0.3) is 0 Å². The molecule has 9 nitrogen and oxygen atoms in total. The molecule has 5 heterocycles. The van der Waals surface area contributed by atoms with Crippen LogP contribution in [0.2, 0.25) is 0 Å². The molecule has 2 aliphatic rings. The first-order chi connectivity index (χ1) is 19.2. The molecule has 7 rings (SSSR count). The number of pyridine rings is 1. The Morgan fingerprint density at radius 1 is 0.949 bits per heavy atom. The Kier molecular flexibility index (Phi) is 5.47. The van der Waals surface area contributed by atoms with Crippen molar-refractivity contribution in [2.75, 3.05) is 16.8 Å². The molecule has 1 N–H and O–H groups in total. The number of benzene rings is 2. The summed E-state index contributed by atoms with van der Waals surface area (Å²) in [4.78, 5) is 17.0. The van der Waals surface area contributed by atoms with Crippen molar-refractivity contribution in [2.24, 2.45) is 9.98 Å². The minimum absolute atomic E-state index is 0.324.